The van der Waals surface area contributed by atoms with Gasteiger partial charge in [-0.3, -0.25) is 0 Å². The van der Waals surface area contributed by atoms with Crippen LogP contribution in [-0.4, -0.2) is 16.5 Å². The van der Waals surface area contributed by atoms with Crippen molar-refractivity contribution in [3.8, 4) is 0 Å². The second kappa shape index (κ2) is 4.86. The topological polar surface area (TPSA) is 48.4 Å². The molecule has 0 aromatic carbocycles. The number of fused-ring (bicyclic) bond motifs is 1. The second-order valence-electron chi connectivity index (χ2n) is 3.16. The molecule has 0 saturated carbocycles. The van der Waals surface area contributed by atoms with Gasteiger partial charge < -0.3 is 9.90 Å². The van der Waals surface area contributed by atoms with E-state index in [0.717, 1.165) is 0 Å². The Bertz CT molecular complexity index is 519. The van der Waals surface area contributed by atoms with Gasteiger partial charge in [-0.05, 0) is 6.07 Å². The van der Waals surface area contributed by atoms with Crippen LogP contribution in [0, 0.1) is 0 Å². The molecule has 92 valence electrons. The number of aromatic nitrogens is 2. The Morgan fingerprint density at radius 1 is 1.35 bits per heavy atom. The summed E-state index contributed by atoms with van der Waals surface area (Å²) in [5, 5.41) is 8.78. The molecule has 0 saturated heterocycles. The fraction of sp³-hybridized carbons (Fsp3) is 0.200. The molecule has 0 aliphatic carbocycles. The van der Waals surface area contributed by atoms with E-state index in [1.807, 2.05) is 37.8 Å². The largest absolute Gasteiger partial charge is 0.542 e. The van der Waals surface area contributed by atoms with E-state index in [1.165, 1.54) is 5.65 Å². The van der Waals surface area contributed by atoms with Crippen LogP contribution in [0.5, 0.6) is 0 Å². The summed E-state index contributed by atoms with van der Waals surface area (Å²) < 4.78 is 35.7. The van der Waals surface area contributed by atoms with Gasteiger partial charge in [0.1, 0.15) is 18.4 Å². The lowest BCUT2D eigenvalue weighted by atomic mass is 10.5. The highest BCUT2D eigenvalue weighted by Crippen LogP contribution is 2.11. The quantitative estimate of drug-likeness (QED) is 0.617. The minimum absolute atomic E-state index is 1.21. The number of aliphatic carboxylic acids is 1. The summed E-state index contributed by atoms with van der Waals surface area (Å²) >= 11 is 0. The summed E-state index contributed by atoms with van der Waals surface area (Å²) in [6, 6.07) is 6.14. The Labute approximate surface area is 94.5 Å². The lowest BCUT2D eigenvalue weighted by molar-refractivity contribution is -0.644. The van der Waals surface area contributed by atoms with Crippen molar-refractivity contribution in [2.24, 2.45) is 7.05 Å². The van der Waals surface area contributed by atoms with E-state index in [1.54, 1.807) is 0 Å². The van der Waals surface area contributed by atoms with Crippen molar-refractivity contribution in [3.63, 3.8) is 0 Å². The predicted octanol–water partition coefficient (Wildman–Crippen LogP) is 0.0624. The molecule has 0 spiro atoms. The maximum atomic E-state index is 10.5. The first kappa shape index (κ1) is 13.0. The van der Waals surface area contributed by atoms with Crippen LogP contribution in [0.15, 0.2) is 36.8 Å². The minimum atomic E-state index is -5.19. The number of aryl methyl sites for hydroxylation is 1. The molecule has 0 aliphatic heterocycles. The highest BCUT2D eigenvalue weighted by molar-refractivity contribution is 5.70. The molecule has 2 heterocycles. The standard InChI is InChI=1S/C8H9N2.C2HF3O2/c1-9-6-7-10-5-3-2-4-8(9)10;3-2(4,5)1(6)7/h2-7H,1H3;(H,6,7)/q+1;/p-1. The maximum Gasteiger partial charge on any atom is 0.430 e. The third kappa shape index (κ3) is 3.47. The Kier molecular flexibility index (Phi) is 3.72. The van der Waals surface area contributed by atoms with Crippen molar-refractivity contribution >= 4 is 11.6 Å². The molecule has 0 atom stereocenters. The summed E-state index contributed by atoms with van der Waals surface area (Å²) in [6.07, 6.45) is 0.917. The number of hydrogen-bond acceptors (Lipinski definition) is 2. The van der Waals surface area contributed by atoms with Crippen LogP contribution in [0.3, 0.4) is 0 Å². The SMILES string of the molecule is C[n+]1ccn2ccccc21.O=C([O-])C(F)(F)F. The van der Waals surface area contributed by atoms with Gasteiger partial charge in [0.15, 0.2) is 0 Å². The highest BCUT2D eigenvalue weighted by Gasteiger charge is 2.28. The Hall–Kier alpha value is -2.05. The minimum Gasteiger partial charge on any atom is -0.542 e. The Balaban J connectivity index is 0.000000185. The van der Waals surface area contributed by atoms with Gasteiger partial charge in [0.05, 0.1) is 13.2 Å². The van der Waals surface area contributed by atoms with E-state index in [-0.39, 0.29) is 0 Å². The molecule has 2 aromatic rings. The van der Waals surface area contributed by atoms with Crippen molar-refractivity contribution in [3.05, 3.63) is 36.8 Å². The normalized spacial score (nSPS) is 10.8. The van der Waals surface area contributed by atoms with Crippen LogP contribution < -0.4 is 9.67 Å². The van der Waals surface area contributed by atoms with Crippen LogP contribution >= 0.6 is 0 Å². The van der Waals surface area contributed by atoms with Crippen LogP contribution in [0.4, 0.5) is 13.2 Å². The van der Waals surface area contributed by atoms with Crippen molar-refractivity contribution in [1.82, 2.24) is 4.40 Å². The van der Waals surface area contributed by atoms with E-state index in [0.29, 0.717) is 0 Å². The van der Waals surface area contributed by atoms with Crippen LogP contribution in [0.25, 0.3) is 5.65 Å². The number of pyridine rings is 1. The first-order chi connectivity index (χ1) is 7.82. The monoisotopic (exact) mass is 246 g/mol. The number of alkyl halides is 3. The molecule has 7 heteroatoms. The Morgan fingerprint density at radius 2 is 1.94 bits per heavy atom. The Morgan fingerprint density at radius 3 is 2.41 bits per heavy atom. The second-order valence-corrected chi connectivity index (χ2v) is 3.16. The molecule has 0 radical (unpaired) electrons. The molecule has 2 rings (SSSR count). The van der Waals surface area contributed by atoms with Crippen molar-refractivity contribution < 1.29 is 27.6 Å². The van der Waals surface area contributed by atoms with Gasteiger partial charge >= 0.3 is 6.18 Å². The zero-order chi connectivity index (χ0) is 13.1. The van der Waals surface area contributed by atoms with Gasteiger partial charge in [-0.15, -0.1) is 0 Å². The van der Waals surface area contributed by atoms with Crippen molar-refractivity contribution in [2.75, 3.05) is 0 Å². The fourth-order valence-electron chi connectivity index (χ4n) is 1.12. The van der Waals surface area contributed by atoms with Gasteiger partial charge in [0.25, 0.3) is 5.65 Å². The third-order valence-electron chi connectivity index (χ3n) is 1.91. The summed E-state index contributed by atoms with van der Waals surface area (Å²) in [4.78, 5) is 8.78. The van der Waals surface area contributed by atoms with Crippen LogP contribution in [0.1, 0.15) is 0 Å². The van der Waals surface area contributed by atoms with Crippen molar-refractivity contribution in [1.29, 1.82) is 0 Å². The number of carbonyl (C=O) groups excluding carboxylic acids is 1. The first-order valence-corrected chi connectivity index (χ1v) is 4.52. The first-order valence-electron chi connectivity index (χ1n) is 4.52. The zero-order valence-corrected chi connectivity index (χ0v) is 8.81. The lowest BCUT2D eigenvalue weighted by Crippen LogP contribution is -2.37. The molecule has 0 N–H and O–H groups in total. The number of carboxylic acid groups (broad SMARTS) is 1. The van der Waals surface area contributed by atoms with Gasteiger partial charge in [-0.25, -0.2) is 8.97 Å². The average Bonchev–Trinajstić information content (AvgIpc) is 2.61. The van der Waals surface area contributed by atoms with Gasteiger partial charge in [-0.2, -0.15) is 13.2 Å². The molecule has 0 aliphatic rings. The van der Waals surface area contributed by atoms with Crippen LogP contribution in [-0.2, 0) is 11.8 Å². The van der Waals surface area contributed by atoms with E-state index in [2.05, 4.69) is 15.0 Å². The smallest absolute Gasteiger partial charge is 0.430 e. The molecule has 0 unspecified atom stereocenters. The number of carbonyl (C=O) groups is 1. The molecule has 0 amide bonds. The average molecular weight is 246 g/mol. The van der Waals surface area contributed by atoms with Crippen LogP contribution in [0.2, 0.25) is 0 Å². The summed E-state index contributed by atoms with van der Waals surface area (Å²) in [5.74, 6) is -3.01. The molecule has 0 fully saturated rings. The van der Waals surface area contributed by atoms with Gasteiger partial charge in [-0.1, -0.05) is 6.07 Å². The zero-order valence-electron chi connectivity index (χ0n) is 8.81. The molecular weight excluding hydrogens is 237 g/mol. The molecule has 4 nitrogen and oxygen atoms in total. The number of nitrogens with zero attached hydrogens (tertiary/aromatic N) is 2. The maximum absolute atomic E-state index is 10.5. The molecular formula is C10H9F3N2O2. The molecule has 0 bridgehead atoms. The molecule has 17 heavy (non-hydrogen) atoms. The summed E-state index contributed by atoms with van der Waals surface area (Å²) in [6.45, 7) is 0. The number of rotatable bonds is 0. The van der Waals surface area contributed by atoms with E-state index in [4.69, 9.17) is 9.90 Å². The number of halogens is 3. The van der Waals surface area contributed by atoms with E-state index >= 15 is 0 Å². The summed E-state index contributed by atoms with van der Waals surface area (Å²) in [5.41, 5.74) is 1.21. The van der Waals surface area contributed by atoms with Gasteiger partial charge in [0, 0.05) is 6.07 Å². The van der Waals surface area contributed by atoms with E-state index < -0.39 is 12.1 Å². The van der Waals surface area contributed by atoms with E-state index in [9.17, 15) is 13.2 Å². The number of carboxylic acids is 1. The number of hydrogen-bond donors (Lipinski definition) is 0. The molecule has 2 aromatic heterocycles. The predicted molar refractivity (Wildman–Crippen MR) is 49.6 cm³/mol. The third-order valence-corrected chi connectivity index (χ3v) is 1.91. The fourth-order valence-corrected chi connectivity index (χ4v) is 1.12. The lowest BCUT2D eigenvalue weighted by Gasteiger charge is -2.03. The number of imidazole rings is 1. The van der Waals surface area contributed by atoms with Crippen molar-refractivity contribution in [2.45, 2.75) is 6.18 Å². The van der Waals surface area contributed by atoms with Gasteiger partial charge in [0.2, 0.25) is 0 Å². The summed E-state index contributed by atoms with van der Waals surface area (Å²) in [7, 11) is 2.04. The highest BCUT2D eigenvalue weighted by atomic mass is 19.4.